The largest absolute Gasteiger partial charge is 0.493 e. The van der Waals surface area contributed by atoms with Crippen LogP contribution in [0.4, 0.5) is 5.69 Å². The average molecular weight is 528 g/mol. The Morgan fingerprint density at radius 2 is 1.86 bits per heavy atom. The van der Waals surface area contributed by atoms with Crippen LogP contribution < -0.4 is 14.8 Å². The van der Waals surface area contributed by atoms with Gasteiger partial charge in [-0.15, -0.1) is 6.58 Å². The lowest BCUT2D eigenvalue weighted by atomic mass is 10.0. The molecule has 5 nitrogen and oxygen atoms in total. The number of carbonyl (C=O) groups is 1. The summed E-state index contributed by atoms with van der Waals surface area (Å²) in [6, 6.07) is 17.4. The molecule has 0 bridgehead atoms. The van der Waals surface area contributed by atoms with Crippen LogP contribution in [0, 0.1) is 11.3 Å². The third kappa shape index (κ3) is 6.80. The molecule has 35 heavy (non-hydrogen) atoms. The van der Waals surface area contributed by atoms with Crippen molar-refractivity contribution in [1.82, 2.24) is 0 Å². The molecule has 8 heteroatoms. The fraction of sp³-hybridized carbons (Fsp3) is 0.111. The van der Waals surface area contributed by atoms with Crippen LogP contribution in [0.1, 0.15) is 16.7 Å². The van der Waals surface area contributed by atoms with Crippen LogP contribution in [0.3, 0.4) is 0 Å². The Labute approximate surface area is 219 Å². The van der Waals surface area contributed by atoms with E-state index in [4.69, 9.17) is 44.3 Å². The second-order valence-electron chi connectivity index (χ2n) is 7.33. The Morgan fingerprint density at radius 3 is 2.51 bits per heavy atom. The number of halogens is 3. The van der Waals surface area contributed by atoms with E-state index >= 15 is 0 Å². The lowest BCUT2D eigenvalue weighted by Gasteiger charge is -2.16. The number of nitriles is 1. The van der Waals surface area contributed by atoms with E-state index in [0.29, 0.717) is 44.2 Å². The number of rotatable bonds is 9. The molecule has 0 radical (unpaired) electrons. The van der Waals surface area contributed by atoms with Crippen LogP contribution in [0.5, 0.6) is 11.5 Å². The van der Waals surface area contributed by atoms with Gasteiger partial charge in [-0.2, -0.15) is 5.26 Å². The monoisotopic (exact) mass is 526 g/mol. The number of anilines is 1. The standard InChI is InChI=1S/C27H21Cl3N2O3/c1-3-6-18-11-17(12-20(15-31)27(33)32-24-8-5-4-7-22(24)29)13-25(34-2)26(18)35-16-19-9-10-21(28)14-23(19)30/h3-5,7-14H,1,6,16H2,2H3,(H,32,33)/b20-12+. The van der Waals surface area contributed by atoms with Gasteiger partial charge in [0.15, 0.2) is 11.5 Å². The summed E-state index contributed by atoms with van der Waals surface area (Å²) in [4.78, 5) is 12.7. The maximum Gasteiger partial charge on any atom is 0.266 e. The van der Waals surface area contributed by atoms with Gasteiger partial charge >= 0.3 is 0 Å². The Morgan fingerprint density at radius 1 is 1.09 bits per heavy atom. The molecule has 0 aliphatic carbocycles. The third-order valence-corrected chi connectivity index (χ3v) is 5.84. The van der Waals surface area contributed by atoms with Gasteiger partial charge in [-0.1, -0.05) is 59.1 Å². The number of allylic oxidation sites excluding steroid dienone is 1. The molecule has 0 saturated carbocycles. The molecule has 3 aromatic carbocycles. The first-order valence-corrected chi connectivity index (χ1v) is 11.6. The van der Waals surface area contributed by atoms with Gasteiger partial charge in [0.25, 0.3) is 5.91 Å². The molecule has 0 aromatic heterocycles. The highest BCUT2D eigenvalue weighted by molar-refractivity contribution is 6.35. The number of nitrogens with one attached hydrogen (secondary N) is 1. The molecule has 0 aliphatic heterocycles. The minimum absolute atomic E-state index is 0.0989. The number of benzene rings is 3. The highest BCUT2D eigenvalue weighted by Gasteiger charge is 2.16. The molecule has 1 amide bonds. The number of hydrogen-bond acceptors (Lipinski definition) is 4. The van der Waals surface area contributed by atoms with Crippen molar-refractivity contribution in [1.29, 1.82) is 5.26 Å². The molecule has 3 rings (SSSR count). The number of carbonyl (C=O) groups excluding carboxylic acids is 1. The van der Waals surface area contributed by atoms with Gasteiger partial charge in [0.1, 0.15) is 18.2 Å². The Balaban J connectivity index is 1.92. The average Bonchev–Trinajstić information content (AvgIpc) is 2.84. The summed E-state index contributed by atoms with van der Waals surface area (Å²) in [5.41, 5.74) is 2.42. The van der Waals surface area contributed by atoms with Crippen LogP contribution in [0.25, 0.3) is 6.08 Å². The molecular weight excluding hydrogens is 507 g/mol. The first-order chi connectivity index (χ1) is 16.9. The molecule has 3 aromatic rings. The van der Waals surface area contributed by atoms with E-state index in [2.05, 4.69) is 11.9 Å². The summed E-state index contributed by atoms with van der Waals surface area (Å²) in [5.74, 6) is 0.363. The maximum absolute atomic E-state index is 12.7. The maximum atomic E-state index is 12.7. The SMILES string of the molecule is C=CCc1cc(/C=C(\C#N)C(=O)Nc2ccccc2Cl)cc(OC)c1OCc1ccc(Cl)cc1Cl. The lowest BCUT2D eigenvalue weighted by molar-refractivity contribution is -0.112. The molecule has 0 saturated heterocycles. The van der Waals surface area contributed by atoms with Gasteiger partial charge < -0.3 is 14.8 Å². The summed E-state index contributed by atoms with van der Waals surface area (Å²) in [5, 5.41) is 13.7. The molecule has 178 valence electrons. The van der Waals surface area contributed by atoms with Crippen molar-refractivity contribution in [2.24, 2.45) is 0 Å². The highest BCUT2D eigenvalue weighted by Crippen LogP contribution is 2.35. The fourth-order valence-electron chi connectivity index (χ4n) is 3.25. The number of para-hydroxylation sites is 1. The Bertz CT molecular complexity index is 1330. The molecule has 0 heterocycles. The van der Waals surface area contributed by atoms with E-state index in [0.717, 1.165) is 11.1 Å². The first-order valence-electron chi connectivity index (χ1n) is 10.4. The number of amides is 1. The van der Waals surface area contributed by atoms with Crippen molar-refractivity contribution in [2.75, 3.05) is 12.4 Å². The smallest absolute Gasteiger partial charge is 0.266 e. The minimum Gasteiger partial charge on any atom is -0.493 e. The van der Waals surface area contributed by atoms with E-state index in [1.807, 2.05) is 12.1 Å². The quantitative estimate of drug-likeness (QED) is 0.178. The molecule has 0 aliphatic rings. The summed E-state index contributed by atoms with van der Waals surface area (Å²) in [6.07, 6.45) is 3.66. The molecular formula is C27H21Cl3N2O3. The summed E-state index contributed by atoms with van der Waals surface area (Å²) in [7, 11) is 1.51. The topological polar surface area (TPSA) is 71.4 Å². The molecule has 0 fully saturated rings. The van der Waals surface area contributed by atoms with Gasteiger partial charge in [0.2, 0.25) is 0 Å². The van der Waals surface area contributed by atoms with Crippen LogP contribution in [0.2, 0.25) is 15.1 Å². The van der Waals surface area contributed by atoms with Crippen molar-refractivity contribution in [3.63, 3.8) is 0 Å². The zero-order valence-corrected chi connectivity index (χ0v) is 21.0. The zero-order valence-electron chi connectivity index (χ0n) is 18.8. The van der Waals surface area contributed by atoms with Crippen molar-refractivity contribution < 1.29 is 14.3 Å². The predicted octanol–water partition coefficient (Wildman–Crippen LogP) is 7.51. The third-order valence-electron chi connectivity index (χ3n) is 4.92. The summed E-state index contributed by atoms with van der Waals surface area (Å²) >= 11 is 18.4. The Hall–Kier alpha value is -3.43. The fourth-order valence-corrected chi connectivity index (χ4v) is 3.89. The molecule has 0 spiro atoms. The van der Waals surface area contributed by atoms with Crippen LogP contribution >= 0.6 is 34.8 Å². The number of nitrogens with zero attached hydrogens (tertiary/aromatic N) is 1. The van der Waals surface area contributed by atoms with Crippen LogP contribution in [0.15, 0.2) is 72.8 Å². The molecule has 0 atom stereocenters. The van der Waals surface area contributed by atoms with E-state index in [1.54, 1.807) is 54.6 Å². The number of ether oxygens (including phenoxy) is 2. The zero-order chi connectivity index (χ0) is 25.4. The van der Waals surface area contributed by atoms with Gasteiger partial charge in [0.05, 0.1) is 17.8 Å². The summed E-state index contributed by atoms with van der Waals surface area (Å²) < 4.78 is 11.6. The normalized spacial score (nSPS) is 10.9. The van der Waals surface area contributed by atoms with Gasteiger partial charge in [0, 0.05) is 21.2 Å². The molecule has 1 N–H and O–H groups in total. The lowest BCUT2D eigenvalue weighted by Crippen LogP contribution is -2.13. The van der Waals surface area contributed by atoms with Crippen LogP contribution in [-0.4, -0.2) is 13.0 Å². The number of methoxy groups -OCH3 is 1. The second-order valence-corrected chi connectivity index (χ2v) is 8.58. The van der Waals surface area contributed by atoms with Crippen molar-refractivity contribution in [3.8, 4) is 17.6 Å². The van der Waals surface area contributed by atoms with E-state index < -0.39 is 5.91 Å². The van der Waals surface area contributed by atoms with Crippen molar-refractivity contribution in [3.05, 3.63) is 105 Å². The van der Waals surface area contributed by atoms with E-state index in [1.165, 1.54) is 13.2 Å². The minimum atomic E-state index is -0.581. The second kappa shape index (κ2) is 12.3. The van der Waals surface area contributed by atoms with Crippen LogP contribution in [-0.2, 0) is 17.8 Å². The van der Waals surface area contributed by atoms with Crippen molar-refractivity contribution >= 4 is 52.5 Å². The van der Waals surface area contributed by atoms with Gasteiger partial charge in [-0.3, -0.25) is 4.79 Å². The molecule has 0 unspecified atom stereocenters. The summed E-state index contributed by atoms with van der Waals surface area (Å²) in [6.45, 7) is 4.00. The van der Waals surface area contributed by atoms with E-state index in [9.17, 15) is 10.1 Å². The van der Waals surface area contributed by atoms with Crippen molar-refractivity contribution in [2.45, 2.75) is 13.0 Å². The number of hydrogen-bond donors (Lipinski definition) is 1. The van der Waals surface area contributed by atoms with Gasteiger partial charge in [-0.05, 0) is 54.5 Å². The van der Waals surface area contributed by atoms with E-state index in [-0.39, 0.29) is 12.2 Å². The predicted molar refractivity (Wildman–Crippen MR) is 141 cm³/mol. The van der Waals surface area contributed by atoms with Gasteiger partial charge in [-0.25, -0.2) is 0 Å². The first kappa shape index (κ1) is 26.2. The highest BCUT2D eigenvalue weighted by atomic mass is 35.5. The Kier molecular flexibility index (Phi) is 9.22.